The van der Waals surface area contributed by atoms with Gasteiger partial charge in [-0.1, -0.05) is 324 Å². The standard InChI is InChI=1S/C101H197N5O12/c1-8-14-20-26-32-34-36-48-66-90-113-96(107)72-58-50-63-83-104(81-61-46-38-44-56-74-100(111)117-94(68-52-40-28-22-16-10-3)69-53-41-29-23-17-11-4)88-92-115-98(109)76-86-106(85-65-60-78-103-80-79-102-7)87-77-99(110)116-93-89-105(84-64-51-59-73-97(108)114-91-67-49-37-35-33-27-21-15-9-2)82-62-47-39-45-57-75-101(112)118-95(70-54-42-30-24-18-12-5)71-55-43-31-25-19-13-6/h94-95,102-103H,8-93H2,1-7H3. The van der Waals surface area contributed by atoms with Crippen molar-refractivity contribution in [2.45, 2.75) is 503 Å². The van der Waals surface area contributed by atoms with Crippen LogP contribution in [0.5, 0.6) is 0 Å². The molecule has 17 nitrogen and oxygen atoms in total. The summed E-state index contributed by atoms with van der Waals surface area (Å²) in [6.45, 7) is 24.4. The van der Waals surface area contributed by atoms with Gasteiger partial charge in [-0.15, -0.1) is 0 Å². The number of nitrogens with one attached hydrogen (secondary N) is 2. The number of carbonyl (C=O) groups excluding carboxylic acids is 6. The van der Waals surface area contributed by atoms with Gasteiger partial charge in [0.15, 0.2) is 0 Å². The van der Waals surface area contributed by atoms with Crippen molar-refractivity contribution in [2.24, 2.45) is 0 Å². The van der Waals surface area contributed by atoms with Crippen LogP contribution in [-0.4, -0.2) is 175 Å². The molecule has 0 aromatic carbocycles. The van der Waals surface area contributed by atoms with Crippen molar-refractivity contribution in [1.82, 2.24) is 25.3 Å². The molecule has 0 spiro atoms. The molecule has 0 unspecified atom stereocenters. The highest BCUT2D eigenvalue weighted by Crippen LogP contribution is 2.23. The zero-order valence-electron chi connectivity index (χ0n) is 79.2. The summed E-state index contributed by atoms with van der Waals surface area (Å²) in [5, 5.41) is 6.70. The smallest absolute Gasteiger partial charge is 0.307 e. The van der Waals surface area contributed by atoms with E-state index in [1.807, 2.05) is 7.05 Å². The van der Waals surface area contributed by atoms with Gasteiger partial charge in [0, 0.05) is 65.0 Å². The summed E-state index contributed by atoms with van der Waals surface area (Å²) >= 11 is 0. The van der Waals surface area contributed by atoms with Crippen LogP contribution in [0.3, 0.4) is 0 Å². The molecule has 0 aromatic heterocycles. The van der Waals surface area contributed by atoms with E-state index < -0.39 is 0 Å². The van der Waals surface area contributed by atoms with E-state index in [9.17, 15) is 28.8 Å². The quantitative estimate of drug-likeness (QED) is 0.0332. The predicted molar refractivity (Wildman–Crippen MR) is 497 cm³/mol. The molecule has 0 aliphatic carbocycles. The second kappa shape index (κ2) is 94.3. The van der Waals surface area contributed by atoms with Crippen LogP contribution >= 0.6 is 0 Å². The molecule has 0 heterocycles. The Balaban J connectivity index is 5.77. The molecule has 0 radical (unpaired) electrons. The SMILES string of the molecule is CCCCCCCCCCCOC(=O)CCCCCN(CCCCCCCC(=O)OC(CCCCCCCC)CCCCCCCC)CCOC(=O)CCN(CCCCNCCNC)CCC(=O)OCCN(CCCCCCCC(=O)OC(CCCCCCCC)CCCCCCCC)CCCCCC(=O)OCCCCCCCCCCC. The van der Waals surface area contributed by atoms with E-state index in [1.54, 1.807) is 0 Å². The lowest BCUT2D eigenvalue weighted by Gasteiger charge is -2.24. The van der Waals surface area contributed by atoms with E-state index in [4.69, 9.17) is 28.4 Å². The molecule has 0 amide bonds. The van der Waals surface area contributed by atoms with Gasteiger partial charge in [-0.3, -0.25) is 38.6 Å². The Morgan fingerprint density at radius 1 is 0.212 bits per heavy atom. The van der Waals surface area contributed by atoms with Crippen molar-refractivity contribution in [1.29, 1.82) is 0 Å². The Kier molecular flexibility index (Phi) is 91.6. The van der Waals surface area contributed by atoms with Crippen LogP contribution in [0.1, 0.15) is 491 Å². The minimum absolute atomic E-state index is 0.0293. The highest BCUT2D eigenvalue weighted by Gasteiger charge is 2.19. The largest absolute Gasteiger partial charge is 0.466 e. The lowest BCUT2D eigenvalue weighted by atomic mass is 10.0. The third-order valence-electron chi connectivity index (χ3n) is 23.8. The van der Waals surface area contributed by atoms with Crippen LogP contribution in [0.15, 0.2) is 0 Å². The second-order valence-corrected chi connectivity index (χ2v) is 35.2. The average Bonchev–Trinajstić information content (AvgIpc) is 0.970. The number of likely N-dealkylation sites (N-methyl/N-ethyl adjacent to an activating group) is 1. The Bertz CT molecular complexity index is 1980. The van der Waals surface area contributed by atoms with Gasteiger partial charge < -0.3 is 44.0 Å². The van der Waals surface area contributed by atoms with Crippen molar-refractivity contribution in [3.05, 3.63) is 0 Å². The van der Waals surface area contributed by atoms with Gasteiger partial charge in [-0.25, -0.2) is 0 Å². The summed E-state index contributed by atoms with van der Waals surface area (Å²) in [6, 6.07) is 0. The first-order chi connectivity index (χ1) is 57.9. The summed E-state index contributed by atoms with van der Waals surface area (Å²) in [6.07, 6.45) is 75.8. The molecule has 118 heavy (non-hydrogen) atoms. The predicted octanol–water partition coefficient (Wildman–Crippen LogP) is 26.1. The van der Waals surface area contributed by atoms with Crippen LogP contribution in [0.2, 0.25) is 0 Å². The molecular formula is C101H197N5O12. The summed E-state index contributed by atoms with van der Waals surface area (Å²) in [7, 11) is 1.96. The molecule has 0 aromatic rings. The molecular weight excluding hydrogens is 1480 g/mol. The molecule has 0 fully saturated rings. The number of ether oxygens (including phenoxy) is 6. The zero-order valence-corrected chi connectivity index (χ0v) is 79.2. The van der Waals surface area contributed by atoms with Gasteiger partial charge in [-0.05, 0) is 175 Å². The van der Waals surface area contributed by atoms with Crippen molar-refractivity contribution in [2.75, 3.05) is 112 Å². The summed E-state index contributed by atoms with van der Waals surface area (Å²) in [5.74, 6) is -0.715. The van der Waals surface area contributed by atoms with E-state index in [-0.39, 0.29) is 60.9 Å². The monoisotopic (exact) mass is 1670 g/mol. The van der Waals surface area contributed by atoms with Gasteiger partial charge >= 0.3 is 35.8 Å². The van der Waals surface area contributed by atoms with E-state index in [0.29, 0.717) is 78.3 Å². The molecule has 0 saturated heterocycles. The van der Waals surface area contributed by atoms with Crippen LogP contribution in [0.25, 0.3) is 0 Å². The Morgan fingerprint density at radius 2 is 0.441 bits per heavy atom. The molecule has 0 bridgehead atoms. The highest BCUT2D eigenvalue weighted by atomic mass is 16.6. The zero-order chi connectivity index (χ0) is 85.8. The van der Waals surface area contributed by atoms with Crippen molar-refractivity contribution < 1.29 is 57.2 Å². The number of esters is 6. The maximum atomic E-state index is 13.6. The van der Waals surface area contributed by atoms with Gasteiger partial charge in [-0.2, -0.15) is 0 Å². The number of carbonyl (C=O) groups is 6. The number of unbranched alkanes of at least 4 members (excludes halogenated alkanes) is 49. The molecule has 0 aliphatic rings. The van der Waals surface area contributed by atoms with Gasteiger partial charge in [0.1, 0.15) is 25.4 Å². The van der Waals surface area contributed by atoms with Crippen molar-refractivity contribution in [3.63, 3.8) is 0 Å². The van der Waals surface area contributed by atoms with Crippen LogP contribution in [-0.2, 0) is 57.2 Å². The molecule has 0 aliphatic heterocycles. The van der Waals surface area contributed by atoms with E-state index in [2.05, 4.69) is 66.9 Å². The second-order valence-electron chi connectivity index (χ2n) is 35.2. The molecule has 2 N–H and O–H groups in total. The highest BCUT2D eigenvalue weighted by molar-refractivity contribution is 5.71. The third kappa shape index (κ3) is 86.2. The van der Waals surface area contributed by atoms with Gasteiger partial charge in [0.05, 0.1) is 26.1 Å². The lowest BCUT2D eigenvalue weighted by Crippen LogP contribution is -2.33. The van der Waals surface area contributed by atoms with Gasteiger partial charge in [0.25, 0.3) is 0 Å². The van der Waals surface area contributed by atoms with Crippen LogP contribution in [0, 0.1) is 0 Å². The fraction of sp³-hybridized carbons (Fsp3) is 0.941. The van der Waals surface area contributed by atoms with E-state index in [0.717, 1.165) is 245 Å². The summed E-state index contributed by atoms with van der Waals surface area (Å²) in [4.78, 5) is 86.0. The van der Waals surface area contributed by atoms with Crippen LogP contribution in [0.4, 0.5) is 0 Å². The number of nitrogens with zero attached hydrogens (tertiary/aromatic N) is 3. The van der Waals surface area contributed by atoms with Crippen LogP contribution < -0.4 is 10.6 Å². The van der Waals surface area contributed by atoms with Crippen molar-refractivity contribution >= 4 is 35.8 Å². The first kappa shape index (κ1) is 115. The minimum atomic E-state index is -0.234. The number of hydrogen-bond donors (Lipinski definition) is 2. The number of rotatable bonds is 98. The summed E-state index contributed by atoms with van der Waals surface area (Å²) in [5.41, 5.74) is 0. The molecule has 0 atom stereocenters. The maximum Gasteiger partial charge on any atom is 0.307 e. The Hall–Kier alpha value is -3.38. The molecule has 0 rings (SSSR count). The van der Waals surface area contributed by atoms with E-state index in [1.165, 1.54) is 218 Å². The molecule has 0 saturated carbocycles. The molecule has 698 valence electrons. The van der Waals surface area contributed by atoms with E-state index >= 15 is 0 Å². The lowest BCUT2D eigenvalue weighted by molar-refractivity contribution is -0.151. The first-order valence-electron chi connectivity index (χ1n) is 51.5. The Labute approximate surface area is 729 Å². The number of hydrogen-bond acceptors (Lipinski definition) is 17. The normalized spacial score (nSPS) is 11.7. The minimum Gasteiger partial charge on any atom is -0.466 e. The van der Waals surface area contributed by atoms with Crippen molar-refractivity contribution in [3.8, 4) is 0 Å². The fourth-order valence-electron chi connectivity index (χ4n) is 15.9. The topological polar surface area (TPSA) is 192 Å². The average molecular weight is 1670 g/mol. The molecule has 17 heteroatoms. The van der Waals surface area contributed by atoms with Gasteiger partial charge in [0.2, 0.25) is 0 Å². The maximum absolute atomic E-state index is 13.6. The Morgan fingerprint density at radius 3 is 0.746 bits per heavy atom. The summed E-state index contributed by atoms with van der Waals surface area (Å²) < 4.78 is 35.5. The fourth-order valence-corrected chi connectivity index (χ4v) is 15.9. The first-order valence-corrected chi connectivity index (χ1v) is 51.5. The third-order valence-corrected chi connectivity index (χ3v) is 23.8.